The Kier molecular flexibility index (Phi) is 6.11. The van der Waals surface area contributed by atoms with Gasteiger partial charge in [0.25, 0.3) is 0 Å². The van der Waals surface area contributed by atoms with E-state index >= 15 is 0 Å². The fourth-order valence-corrected chi connectivity index (χ4v) is 2.83. The number of ketones is 1. The molecule has 0 radical (unpaired) electrons. The fraction of sp³-hybridized carbons (Fsp3) is 0.133. The van der Waals surface area contributed by atoms with Crippen molar-refractivity contribution in [1.29, 1.82) is 0 Å². The number of hydrogen-bond donors (Lipinski definition) is 2. The molecule has 2 aromatic rings. The van der Waals surface area contributed by atoms with E-state index in [1.54, 1.807) is 0 Å². The van der Waals surface area contributed by atoms with E-state index in [4.69, 9.17) is 4.55 Å². The molecule has 122 valence electrons. The normalized spacial score (nSPS) is 12.2. The van der Waals surface area contributed by atoms with Gasteiger partial charge in [-0.1, -0.05) is 15.9 Å². The lowest BCUT2D eigenvalue weighted by molar-refractivity contribution is 0.103. The predicted octanol–water partition coefficient (Wildman–Crippen LogP) is 3.23. The van der Waals surface area contributed by atoms with Crippen molar-refractivity contribution in [3.63, 3.8) is 0 Å². The van der Waals surface area contributed by atoms with Crippen LogP contribution in [0.3, 0.4) is 0 Å². The highest BCUT2D eigenvalue weighted by atomic mass is 79.9. The first-order valence-electron chi connectivity index (χ1n) is 6.51. The average molecular weight is 404 g/mol. The molecule has 8 heteroatoms. The second kappa shape index (κ2) is 7.87. The highest BCUT2D eigenvalue weighted by molar-refractivity contribution is 9.10. The zero-order valence-corrected chi connectivity index (χ0v) is 14.1. The summed E-state index contributed by atoms with van der Waals surface area (Å²) in [7, 11) is 0. The molecule has 1 unspecified atom stereocenters. The summed E-state index contributed by atoms with van der Waals surface area (Å²) >= 11 is 1.06. The molecule has 0 saturated carbocycles. The zero-order valence-electron chi connectivity index (χ0n) is 11.7. The van der Waals surface area contributed by atoms with Gasteiger partial charge in [-0.2, -0.15) is 0 Å². The molecule has 2 rings (SSSR count). The van der Waals surface area contributed by atoms with Crippen molar-refractivity contribution in [3.05, 3.63) is 69.2 Å². The van der Waals surface area contributed by atoms with Crippen LogP contribution in [0.2, 0.25) is 0 Å². The van der Waals surface area contributed by atoms with Gasteiger partial charge < -0.3 is 0 Å². The molecular formula is C15H12BrF2NO3S. The van der Waals surface area contributed by atoms with Crippen LogP contribution < -0.4 is 4.72 Å². The van der Waals surface area contributed by atoms with Crippen LogP contribution in [-0.2, 0) is 17.7 Å². The van der Waals surface area contributed by atoms with E-state index < -0.39 is 28.7 Å². The average Bonchev–Trinajstić information content (AvgIpc) is 2.50. The van der Waals surface area contributed by atoms with Gasteiger partial charge in [-0.15, -0.1) is 0 Å². The maximum absolute atomic E-state index is 14.1. The summed E-state index contributed by atoms with van der Waals surface area (Å²) in [6.45, 7) is 0.109. The lowest BCUT2D eigenvalue weighted by Crippen LogP contribution is -2.19. The molecular weight excluding hydrogens is 392 g/mol. The highest BCUT2D eigenvalue weighted by Crippen LogP contribution is 2.24. The van der Waals surface area contributed by atoms with E-state index in [0.717, 1.165) is 18.2 Å². The van der Waals surface area contributed by atoms with Crippen LogP contribution in [0.5, 0.6) is 0 Å². The lowest BCUT2D eigenvalue weighted by atomic mass is 10.0. The third-order valence-corrected chi connectivity index (χ3v) is 4.21. The van der Waals surface area contributed by atoms with Crippen LogP contribution in [0.25, 0.3) is 0 Å². The third kappa shape index (κ3) is 4.74. The van der Waals surface area contributed by atoms with Crippen LogP contribution in [0, 0.1) is 11.6 Å². The van der Waals surface area contributed by atoms with Crippen molar-refractivity contribution < 1.29 is 22.3 Å². The molecule has 0 aliphatic rings. The van der Waals surface area contributed by atoms with Crippen LogP contribution in [0.15, 0.2) is 40.9 Å². The Morgan fingerprint density at radius 1 is 1.22 bits per heavy atom. The largest absolute Gasteiger partial charge is 0.294 e. The van der Waals surface area contributed by atoms with Crippen molar-refractivity contribution in [2.24, 2.45) is 0 Å². The van der Waals surface area contributed by atoms with Gasteiger partial charge in [0.15, 0.2) is 5.78 Å². The van der Waals surface area contributed by atoms with Gasteiger partial charge in [-0.3, -0.25) is 9.35 Å². The Labute approximate surface area is 142 Å². The minimum absolute atomic E-state index is 0.109. The molecule has 0 spiro atoms. The van der Waals surface area contributed by atoms with Gasteiger partial charge in [-0.25, -0.2) is 17.7 Å². The Bertz CT molecular complexity index is 753. The molecule has 23 heavy (non-hydrogen) atoms. The summed E-state index contributed by atoms with van der Waals surface area (Å²) in [6, 6.07) is 7.53. The smallest absolute Gasteiger partial charge is 0.231 e. The van der Waals surface area contributed by atoms with Crippen molar-refractivity contribution >= 4 is 33.0 Å². The minimum atomic E-state index is -2.16. The monoisotopic (exact) mass is 403 g/mol. The SMILES string of the molecule is O=C(c1ccc(F)cc1)c1cc(F)c(CCNS(=O)O)cc1Br. The fourth-order valence-electron chi connectivity index (χ4n) is 1.98. The minimum Gasteiger partial charge on any atom is -0.294 e. The maximum atomic E-state index is 14.1. The highest BCUT2D eigenvalue weighted by Gasteiger charge is 2.16. The van der Waals surface area contributed by atoms with Gasteiger partial charge in [0.1, 0.15) is 11.6 Å². The maximum Gasteiger partial charge on any atom is 0.231 e. The molecule has 0 aromatic heterocycles. The Hall–Kier alpha value is -1.48. The summed E-state index contributed by atoms with van der Waals surface area (Å²) in [5.74, 6) is -1.49. The van der Waals surface area contributed by atoms with Gasteiger partial charge >= 0.3 is 0 Å². The first-order chi connectivity index (χ1) is 10.9. The number of rotatable bonds is 6. The summed E-state index contributed by atoms with van der Waals surface area (Å²) in [5.41, 5.74) is 0.665. The Balaban J connectivity index is 2.23. The number of carbonyl (C=O) groups excluding carboxylic acids is 1. The van der Waals surface area contributed by atoms with Crippen molar-refractivity contribution in [2.75, 3.05) is 6.54 Å². The number of hydrogen-bond acceptors (Lipinski definition) is 2. The molecule has 0 fully saturated rings. The molecule has 0 aliphatic carbocycles. The number of halogens is 3. The summed E-state index contributed by atoms with van der Waals surface area (Å²) in [4.78, 5) is 12.3. The summed E-state index contributed by atoms with van der Waals surface area (Å²) in [5, 5.41) is 0. The second-order valence-electron chi connectivity index (χ2n) is 4.65. The first-order valence-corrected chi connectivity index (χ1v) is 8.41. The van der Waals surface area contributed by atoms with E-state index in [1.165, 1.54) is 18.2 Å². The quantitative estimate of drug-likeness (QED) is 0.574. The van der Waals surface area contributed by atoms with E-state index in [0.29, 0.717) is 10.0 Å². The standard InChI is InChI=1S/C15H12BrF2NO3S/c16-13-7-10(5-6-19-23(21)22)14(18)8-12(13)15(20)9-1-3-11(17)4-2-9/h1-4,7-8,19H,5-6H2,(H,21,22). The third-order valence-electron chi connectivity index (χ3n) is 3.11. The summed E-state index contributed by atoms with van der Waals surface area (Å²) in [6.07, 6.45) is 0.182. The van der Waals surface area contributed by atoms with Crippen LogP contribution in [0.4, 0.5) is 8.78 Å². The topological polar surface area (TPSA) is 66.4 Å². The zero-order chi connectivity index (χ0) is 17.0. The van der Waals surface area contributed by atoms with Gasteiger partial charge in [0.2, 0.25) is 11.3 Å². The molecule has 4 nitrogen and oxygen atoms in total. The molecule has 2 N–H and O–H groups in total. The molecule has 0 heterocycles. The van der Waals surface area contributed by atoms with Crippen LogP contribution in [0.1, 0.15) is 21.5 Å². The van der Waals surface area contributed by atoms with Crippen molar-refractivity contribution in [1.82, 2.24) is 4.72 Å². The predicted molar refractivity (Wildman–Crippen MR) is 86.4 cm³/mol. The van der Waals surface area contributed by atoms with E-state index in [-0.39, 0.29) is 24.1 Å². The van der Waals surface area contributed by atoms with Gasteiger partial charge in [0, 0.05) is 22.1 Å². The number of carbonyl (C=O) groups is 1. The molecule has 1 atom stereocenters. The first kappa shape index (κ1) is 17.9. The molecule has 0 aliphatic heterocycles. The van der Waals surface area contributed by atoms with Crippen LogP contribution in [-0.4, -0.2) is 21.1 Å². The molecule has 0 saturated heterocycles. The summed E-state index contributed by atoms with van der Waals surface area (Å²) < 4.78 is 48.7. The van der Waals surface area contributed by atoms with Crippen LogP contribution >= 0.6 is 15.9 Å². The van der Waals surface area contributed by atoms with E-state index in [9.17, 15) is 17.8 Å². The van der Waals surface area contributed by atoms with E-state index in [2.05, 4.69) is 20.7 Å². The number of nitrogens with one attached hydrogen (secondary N) is 1. The lowest BCUT2D eigenvalue weighted by Gasteiger charge is -2.09. The molecule has 0 bridgehead atoms. The van der Waals surface area contributed by atoms with Gasteiger partial charge in [0.05, 0.1) is 0 Å². The second-order valence-corrected chi connectivity index (χ2v) is 6.29. The molecule has 2 aromatic carbocycles. The molecule has 0 amide bonds. The van der Waals surface area contributed by atoms with E-state index in [1.807, 2.05) is 0 Å². The Morgan fingerprint density at radius 2 is 1.87 bits per heavy atom. The van der Waals surface area contributed by atoms with Crippen molar-refractivity contribution in [2.45, 2.75) is 6.42 Å². The Morgan fingerprint density at radius 3 is 2.48 bits per heavy atom. The number of benzene rings is 2. The van der Waals surface area contributed by atoms with Gasteiger partial charge in [-0.05, 0) is 48.4 Å². The van der Waals surface area contributed by atoms with Crippen molar-refractivity contribution in [3.8, 4) is 0 Å².